The highest BCUT2D eigenvalue weighted by Crippen LogP contribution is 2.17. The van der Waals surface area contributed by atoms with E-state index in [1.165, 1.54) is 0 Å². The average molecular weight is 272 g/mol. The summed E-state index contributed by atoms with van der Waals surface area (Å²) in [4.78, 5) is 0.599. The fourth-order valence-electron chi connectivity index (χ4n) is 1.52. The van der Waals surface area contributed by atoms with Gasteiger partial charge in [-0.3, -0.25) is 4.18 Å². The monoisotopic (exact) mass is 272 g/mol. The van der Waals surface area contributed by atoms with E-state index in [1.54, 1.807) is 12.1 Å². The summed E-state index contributed by atoms with van der Waals surface area (Å²) < 4.78 is 17.8. The van der Waals surface area contributed by atoms with Crippen molar-refractivity contribution in [3.8, 4) is 0 Å². The first-order valence-corrected chi connectivity index (χ1v) is 8.36. The van der Waals surface area contributed by atoms with Gasteiger partial charge in [0.05, 0.1) is 11.0 Å². The Morgan fingerprint density at radius 2 is 1.94 bits per heavy atom. The topological polar surface area (TPSA) is 26.3 Å². The van der Waals surface area contributed by atoms with Crippen molar-refractivity contribution in [1.82, 2.24) is 0 Å². The van der Waals surface area contributed by atoms with Crippen molar-refractivity contribution >= 4 is 20.0 Å². The van der Waals surface area contributed by atoms with Crippen LogP contribution in [-0.2, 0) is 24.1 Å². The summed E-state index contributed by atoms with van der Waals surface area (Å²) in [6.45, 7) is 6.03. The summed E-state index contributed by atoms with van der Waals surface area (Å²) in [5.74, 6) is 0. The average Bonchev–Trinajstić information content (AvgIpc) is 2.26. The van der Waals surface area contributed by atoms with E-state index in [9.17, 15) is 4.21 Å². The van der Waals surface area contributed by atoms with Gasteiger partial charge >= 0.3 is 0 Å². The molecular formula is C13H20O2S2. The zero-order chi connectivity index (χ0) is 12.9. The molecule has 2 atom stereocenters. The van der Waals surface area contributed by atoms with Crippen molar-refractivity contribution in [2.45, 2.75) is 51.0 Å². The Morgan fingerprint density at radius 1 is 1.35 bits per heavy atom. The maximum Gasteiger partial charge on any atom is 0.173 e. The second-order valence-corrected chi connectivity index (χ2v) is 7.20. The van der Waals surface area contributed by atoms with Gasteiger partial charge in [-0.15, -0.1) is 0 Å². The van der Waals surface area contributed by atoms with Crippen molar-refractivity contribution < 1.29 is 8.39 Å². The largest absolute Gasteiger partial charge is 0.283 e. The van der Waals surface area contributed by atoms with Crippen molar-refractivity contribution in [3.63, 3.8) is 0 Å². The van der Waals surface area contributed by atoms with Gasteiger partial charge in [0, 0.05) is 11.2 Å². The maximum absolute atomic E-state index is 12.3. The molecule has 0 aliphatic rings. The van der Waals surface area contributed by atoms with Crippen LogP contribution in [0.3, 0.4) is 0 Å². The van der Waals surface area contributed by atoms with Crippen LogP contribution in [0.1, 0.15) is 38.7 Å². The molecule has 0 bridgehead atoms. The number of unbranched alkanes of at least 4 members (excludes halogenated alkanes) is 1. The van der Waals surface area contributed by atoms with Crippen LogP contribution >= 0.6 is 0 Å². The van der Waals surface area contributed by atoms with Gasteiger partial charge in [0.15, 0.2) is 8.77 Å². The lowest BCUT2D eigenvalue weighted by Crippen LogP contribution is -2.14. The van der Waals surface area contributed by atoms with Crippen molar-refractivity contribution in [3.05, 3.63) is 29.8 Å². The molecular weight excluding hydrogens is 252 g/mol. The molecule has 0 aromatic heterocycles. The van der Waals surface area contributed by atoms with Crippen LogP contribution in [0.4, 0.5) is 0 Å². The molecule has 0 aliphatic carbocycles. The van der Waals surface area contributed by atoms with E-state index < -0.39 is 8.77 Å². The normalized spacial score (nSPS) is 16.4. The van der Waals surface area contributed by atoms with Crippen LogP contribution in [0, 0.1) is 6.92 Å². The van der Waals surface area contributed by atoms with Crippen LogP contribution in [0.15, 0.2) is 29.2 Å². The Kier molecular flexibility index (Phi) is 5.56. The molecule has 0 saturated heterocycles. The fourth-order valence-corrected chi connectivity index (χ4v) is 3.36. The van der Waals surface area contributed by atoms with Crippen molar-refractivity contribution in [1.29, 1.82) is 0 Å². The molecule has 1 unspecified atom stereocenters. The SMILES string of the molecule is CCCC[C@@H](C)OS(=O)(=S)c1ccc(C)cc1. The van der Waals surface area contributed by atoms with Gasteiger partial charge in [-0.1, -0.05) is 37.5 Å². The first-order chi connectivity index (χ1) is 7.95. The molecule has 0 fully saturated rings. The number of hydrogen-bond acceptors (Lipinski definition) is 3. The molecule has 1 rings (SSSR count). The van der Waals surface area contributed by atoms with E-state index in [4.69, 9.17) is 15.4 Å². The Balaban J connectivity index is 2.71. The number of aryl methyl sites for hydroxylation is 1. The van der Waals surface area contributed by atoms with E-state index in [0.29, 0.717) is 4.90 Å². The van der Waals surface area contributed by atoms with Crippen LogP contribution in [0.25, 0.3) is 0 Å². The van der Waals surface area contributed by atoms with E-state index in [0.717, 1.165) is 24.8 Å². The van der Waals surface area contributed by atoms with Crippen molar-refractivity contribution in [2.75, 3.05) is 0 Å². The highest BCUT2D eigenvalue weighted by molar-refractivity contribution is 8.30. The molecule has 0 heterocycles. The molecule has 17 heavy (non-hydrogen) atoms. The van der Waals surface area contributed by atoms with Crippen LogP contribution in [0.2, 0.25) is 0 Å². The minimum atomic E-state index is -2.77. The molecule has 4 heteroatoms. The summed E-state index contributed by atoms with van der Waals surface area (Å²) in [6, 6.07) is 7.39. The van der Waals surface area contributed by atoms with Crippen LogP contribution < -0.4 is 0 Å². The predicted octanol–water partition coefficient (Wildman–Crippen LogP) is 3.61. The molecule has 0 amide bonds. The van der Waals surface area contributed by atoms with Gasteiger partial charge in [0.25, 0.3) is 0 Å². The van der Waals surface area contributed by atoms with Gasteiger partial charge < -0.3 is 0 Å². The molecule has 0 N–H and O–H groups in total. The summed E-state index contributed by atoms with van der Waals surface area (Å²) in [6.07, 6.45) is 3.02. The van der Waals surface area contributed by atoms with Gasteiger partial charge in [-0.05, 0) is 32.4 Å². The fraction of sp³-hybridized carbons (Fsp3) is 0.538. The van der Waals surface area contributed by atoms with Gasteiger partial charge in [0.1, 0.15) is 0 Å². The molecule has 1 aromatic rings. The summed E-state index contributed by atoms with van der Waals surface area (Å²) in [7, 11) is -2.77. The third kappa shape index (κ3) is 4.74. The molecule has 0 spiro atoms. The minimum Gasteiger partial charge on any atom is -0.283 e. The van der Waals surface area contributed by atoms with E-state index in [-0.39, 0.29) is 6.10 Å². The second kappa shape index (κ2) is 6.47. The predicted molar refractivity (Wildman–Crippen MR) is 75.0 cm³/mol. The number of hydrogen-bond donors (Lipinski definition) is 0. The summed E-state index contributed by atoms with van der Waals surface area (Å²) in [5.41, 5.74) is 1.12. The molecule has 2 nitrogen and oxygen atoms in total. The van der Waals surface area contributed by atoms with E-state index in [2.05, 4.69) is 6.92 Å². The number of benzene rings is 1. The first kappa shape index (κ1) is 14.6. The highest BCUT2D eigenvalue weighted by Gasteiger charge is 2.14. The Morgan fingerprint density at radius 3 is 2.47 bits per heavy atom. The lowest BCUT2D eigenvalue weighted by atomic mass is 10.2. The van der Waals surface area contributed by atoms with Gasteiger partial charge in [-0.2, -0.15) is 0 Å². The zero-order valence-corrected chi connectivity index (χ0v) is 12.3. The summed E-state index contributed by atoms with van der Waals surface area (Å²) in [5, 5.41) is 0. The minimum absolute atomic E-state index is 0.0544. The molecule has 0 radical (unpaired) electrons. The molecule has 0 aliphatic heterocycles. The standard InChI is InChI=1S/C13H20O2S2/c1-4-5-6-12(3)15-17(14,16)13-9-7-11(2)8-10-13/h7-10,12H,4-6H2,1-3H3/t12-,17?/m1/s1. The highest BCUT2D eigenvalue weighted by atomic mass is 32.8. The lowest BCUT2D eigenvalue weighted by molar-refractivity contribution is 0.230. The van der Waals surface area contributed by atoms with E-state index in [1.807, 2.05) is 26.0 Å². The lowest BCUT2D eigenvalue weighted by Gasteiger charge is -2.14. The smallest absolute Gasteiger partial charge is 0.173 e. The number of rotatable bonds is 6. The Hall–Kier alpha value is -0.450. The third-order valence-electron chi connectivity index (χ3n) is 2.56. The Labute approximate surface area is 109 Å². The second-order valence-electron chi connectivity index (χ2n) is 4.32. The van der Waals surface area contributed by atoms with E-state index >= 15 is 0 Å². The first-order valence-electron chi connectivity index (χ1n) is 5.95. The van der Waals surface area contributed by atoms with Crippen molar-refractivity contribution in [2.24, 2.45) is 0 Å². The van der Waals surface area contributed by atoms with Gasteiger partial charge in [-0.25, -0.2) is 4.21 Å². The third-order valence-corrected chi connectivity index (χ3v) is 4.81. The Bertz CT molecular complexity index is 435. The molecule has 96 valence electrons. The molecule has 1 aromatic carbocycles. The van der Waals surface area contributed by atoms with Crippen LogP contribution in [0.5, 0.6) is 0 Å². The van der Waals surface area contributed by atoms with Crippen LogP contribution in [-0.4, -0.2) is 10.3 Å². The summed E-state index contributed by atoms with van der Waals surface area (Å²) >= 11 is 5.09. The molecule has 0 saturated carbocycles. The quantitative estimate of drug-likeness (QED) is 0.791. The maximum atomic E-state index is 12.3. The van der Waals surface area contributed by atoms with Gasteiger partial charge in [0.2, 0.25) is 0 Å². The zero-order valence-electron chi connectivity index (χ0n) is 10.6.